The molecule has 1 aromatic carbocycles. The Balaban J connectivity index is 2.14. The van der Waals surface area contributed by atoms with E-state index in [1.54, 1.807) is 13.2 Å². The van der Waals surface area contributed by atoms with Crippen LogP contribution in [0.1, 0.15) is 21.6 Å². The van der Waals surface area contributed by atoms with Gasteiger partial charge < -0.3 is 10.6 Å². The van der Waals surface area contributed by atoms with Crippen LogP contribution in [-0.4, -0.2) is 28.1 Å². The summed E-state index contributed by atoms with van der Waals surface area (Å²) in [6.45, 7) is 2.16. The summed E-state index contributed by atoms with van der Waals surface area (Å²) in [5.74, 6) is -0.374. The molecule has 2 rings (SSSR count). The second-order valence-corrected chi connectivity index (χ2v) is 4.44. The highest BCUT2D eigenvalue weighted by molar-refractivity contribution is 5.95. The minimum absolute atomic E-state index is 0.135. The molecule has 0 saturated heterocycles. The number of nitrogens with one attached hydrogen (secondary N) is 3. The van der Waals surface area contributed by atoms with Gasteiger partial charge in [-0.05, 0) is 19.1 Å². The van der Waals surface area contributed by atoms with Gasteiger partial charge >= 0.3 is 0 Å². The summed E-state index contributed by atoms with van der Waals surface area (Å²) in [6, 6.07) is 4.30. The lowest BCUT2D eigenvalue weighted by atomic mass is 10.1. The number of carbonyl (C=O) groups is 1. The lowest BCUT2D eigenvalue weighted by Gasteiger charge is -2.07. The molecule has 0 unspecified atom stereocenters. The van der Waals surface area contributed by atoms with Crippen LogP contribution in [0.3, 0.4) is 0 Å². The van der Waals surface area contributed by atoms with E-state index in [-0.39, 0.29) is 17.2 Å². The van der Waals surface area contributed by atoms with Crippen LogP contribution in [-0.2, 0) is 6.54 Å². The number of rotatable bonds is 5. The molecule has 0 aliphatic heterocycles. The molecule has 1 heterocycles. The zero-order valence-electron chi connectivity index (χ0n) is 11.6. The van der Waals surface area contributed by atoms with Gasteiger partial charge in [0.05, 0.1) is 11.1 Å². The average Bonchev–Trinajstić information content (AvgIpc) is 2.89. The van der Waals surface area contributed by atoms with E-state index in [1.165, 1.54) is 18.2 Å². The second kappa shape index (κ2) is 6.04. The van der Waals surface area contributed by atoms with E-state index < -0.39 is 4.92 Å². The van der Waals surface area contributed by atoms with Crippen molar-refractivity contribution >= 4 is 17.3 Å². The normalized spacial score (nSPS) is 10.2. The van der Waals surface area contributed by atoms with Crippen molar-refractivity contribution in [3.05, 3.63) is 51.3 Å². The molecule has 21 heavy (non-hydrogen) atoms. The fourth-order valence-electron chi connectivity index (χ4n) is 1.87. The van der Waals surface area contributed by atoms with Crippen molar-refractivity contribution in [2.75, 3.05) is 12.4 Å². The number of amides is 1. The number of aryl methyl sites for hydroxylation is 1. The lowest BCUT2D eigenvalue weighted by Crippen LogP contribution is -2.23. The van der Waals surface area contributed by atoms with Crippen LogP contribution in [0.5, 0.6) is 0 Å². The molecule has 2 aromatic rings. The third-order valence-corrected chi connectivity index (χ3v) is 3.10. The largest absolute Gasteiger partial charge is 0.383 e. The van der Waals surface area contributed by atoms with Gasteiger partial charge in [-0.2, -0.15) is 5.10 Å². The van der Waals surface area contributed by atoms with E-state index in [9.17, 15) is 14.9 Å². The second-order valence-electron chi connectivity index (χ2n) is 4.44. The molecule has 1 amide bonds. The molecule has 0 saturated carbocycles. The fraction of sp³-hybridized carbons (Fsp3) is 0.231. The molecular weight excluding hydrogens is 274 g/mol. The third-order valence-electron chi connectivity index (χ3n) is 3.10. The molecule has 0 fully saturated rings. The van der Waals surface area contributed by atoms with Crippen molar-refractivity contribution in [1.82, 2.24) is 15.5 Å². The van der Waals surface area contributed by atoms with Crippen LogP contribution in [0.25, 0.3) is 0 Å². The molecular formula is C13H15N5O3. The summed E-state index contributed by atoms with van der Waals surface area (Å²) in [7, 11) is 1.59. The SMILES string of the molecule is CNc1ccc(C(=O)NCc2cn[nH]c2C)cc1[N+](=O)[O-]. The monoisotopic (exact) mass is 289 g/mol. The Morgan fingerprint density at radius 2 is 2.24 bits per heavy atom. The van der Waals surface area contributed by atoms with E-state index in [1.807, 2.05) is 6.92 Å². The van der Waals surface area contributed by atoms with Crippen LogP contribution in [0.4, 0.5) is 11.4 Å². The number of carbonyl (C=O) groups excluding carboxylic acids is 1. The van der Waals surface area contributed by atoms with Crippen LogP contribution < -0.4 is 10.6 Å². The van der Waals surface area contributed by atoms with Gasteiger partial charge in [-0.3, -0.25) is 20.0 Å². The minimum Gasteiger partial charge on any atom is -0.383 e. The van der Waals surface area contributed by atoms with Gasteiger partial charge in [-0.25, -0.2) is 0 Å². The number of nitro benzene ring substituents is 1. The van der Waals surface area contributed by atoms with Gasteiger partial charge in [0.2, 0.25) is 0 Å². The maximum absolute atomic E-state index is 12.0. The van der Waals surface area contributed by atoms with E-state index >= 15 is 0 Å². The predicted octanol–water partition coefficient (Wildman–Crippen LogP) is 1.60. The van der Waals surface area contributed by atoms with E-state index in [0.717, 1.165) is 11.3 Å². The van der Waals surface area contributed by atoms with Gasteiger partial charge in [0.1, 0.15) is 5.69 Å². The van der Waals surface area contributed by atoms with Gasteiger partial charge in [0.25, 0.3) is 11.6 Å². The van der Waals surface area contributed by atoms with E-state index in [4.69, 9.17) is 0 Å². The zero-order valence-corrected chi connectivity index (χ0v) is 11.6. The number of nitrogens with zero attached hydrogens (tertiary/aromatic N) is 2. The van der Waals surface area contributed by atoms with E-state index in [0.29, 0.717) is 12.2 Å². The Kier molecular flexibility index (Phi) is 4.17. The third kappa shape index (κ3) is 3.16. The maximum atomic E-state index is 12.0. The van der Waals surface area contributed by atoms with Crippen molar-refractivity contribution in [3.63, 3.8) is 0 Å². The summed E-state index contributed by atoms with van der Waals surface area (Å²) in [6.07, 6.45) is 1.63. The highest BCUT2D eigenvalue weighted by Gasteiger charge is 2.16. The first kappa shape index (κ1) is 14.5. The number of aromatic amines is 1. The van der Waals surface area contributed by atoms with Crippen molar-refractivity contribution in [1.29, 1.82) is 0 Å². The highest BCUT2D eigenvalue weighted by atomic mass is 16.6. The minimum atomic E-state index is -0.525. The first-order valence-corrected chi connectivity index (χ1v) is 6.26. The van der Waals surface area contributed by atoms with Crippen LogP contribution >= 0.6 is 0 Å². The Morgan fingerprint density at radius 1 is 1.48 bits per heavy atom. The summed E-state index contributed by atoms with van der Waals surface area (Å²) >= 11 is 0. The molecule has 8 heteroatoms. The standard InChI is InChI=1S/C13H15N5O3/c1-8-10(7-16-17-8)6-15-13(19)9-3-4-11(14-2)12(5-9)18(20)21/h3-5,7,14H,6H2,1-2H3,(H,15,19)(H,16,17). The number of aromatic nitrogens is 2. The Bertz CT molecular complexity index is 680. The number of nitro groups is 1. The van der Waals surface area contributed by atoms with Gasteiger partial charge in [-0.15, -0.1) is 0 Å². The topological polar surface area (TPSA) is 113 Å². The number of hydrogen-bond donors (Lipinski definition) is 3. The Morgan fingerprint density at radius 3 is 2.81 bits per heavy atom. The van der Waals surface area contributed by atoms with Crippen molar-refractivity contribution in [2.45, 2.75) is 13.5 Å². The van der Waals surface area contributed by atoms with Crippen molar-refractivity contribution < 1.29 is 9.72 Å². The summed E-state index contributed by atoms with van der Waals surface area (Å²) < 4.78 is 0. The quantitative estimate of drug-likeness (QED) is 0.571. The Labute approximate surface area is 120 Å². The summed E-state index contributed by atoms with van der Waals surface area (Å²) in [5, 5.41) is 23.0. The molecule has 0 aliphatic carbocycles. The molecule has 0 atom stereocenters. The Hall–Kier alpha value is -2.90. The number of H-pyrrole nitrogens is 1. The molecule has 0 spiro atoms. The van der Waals surface area contributed by atoms with Crippen LogP contribution in [0.2, 0.25) is 0 Å². The van der Waals surface area contributed by atoms with Crippen LogP contribution in [0, 0.1) is 17.0 Å². The zero-order chi connectivity index (χ0) is 15.4. The number of anilines is 1. The summed E-state index contributed by atoms with van der Waals surface area (Å²) in [5.41, 5.74) is 2.20. The molecule has 1 aromatic heterocycles. The first-order valence-electron chi connectivity index (χ1n) is 6.26. The fourth-order valence-corrected chi connectivity index (χ4v) is 1.87. The highest BCUT2D eigenvalue weighted by Crippen LogP contribution is 2.24. The van der Waals surface area contributed by atoms with Gasteiger partial charge in [0, 0.05) is 36.5 Å². The van der Waals surface area contributed by atoms with E-state index in [2.05, 4.69) is 20.8 Å². The first-order chi connectivity index (χ1) is 10.0. The molecule has 8 nitrogen and oxygen atoms in total. The lowest BCUT2D eigenvalue weighted by molar-refractivity contribution is -0.384. The van der Waals surface area contributed by atoms with Gasteiger partial charge in [0.15, 0.2) is 0 Å². The number of hydrogen-bond acceptors (Lipinski definition) is 5. The average molecular weight is 289 g/mol. The molecule has 0 bridgehead atoms. The maximum Gasteiger partial charge on any atom is 0.293 e. The molecule has 0 aliphatic rings. The van der Waals surface area contributed by atoms with Crippen molar-refractivity contribution in [2.24, 2.45) is 0 Å². The summed E-state index contributed by atoms with van der Waals surface area (Å²) in [4.78, 5) is 22.5. The molecule has 0 radical (unpaired) electrons. The molecule has 3 N–H and O–H groups in total. The van der Waals surface area contributed by atoms with Crippen LogP contribution in [0.15, 0.2) is 24.4 Å². The molecule has 110 valence electrons. The number of benzene rings is 1. The predicted molar refractivity (Wildman–Crippen MR) is 77.1 cm³/mol. The van der Waals surface area contributed by atoms with Crippen molar-refractivity contribution in [3.8, 4) is 0 Å². The van der Waals surface area contributed by atoms with Gasteiger partial charge in [-0.1, -0.05) is 0 Å². The smallest absolute Gasteiger partial charge is 0.293 e.